The monoisotopic (exact) mass is 300 g/mol. The van der Waals surface area contributed by atoms with Gasteiger partial charge in [-0.3, -0.25) is 4.79 Å². The third kappa shape index (κ3) is 3.70. The van der Waals surface area contributed by atoms with Gasteiger partial charge in [0.1, 0.15) is 6.10 Å². The van der Waals surface area contributed by atoms with E-state index in [1.165, 1.54) is 11.3 Å². The summed E-state index contributed by atoms with van der Waals surface area (Å²) >= 11 is 1.48. The maximum Gasteiger partial charge on any atom is 0.273 e. The molecule has 0 saturated carbocycles. The Kier molecular flexibility index (Phi) is 4.31. The van der Waals surface area contributed by atoms with Crippen molar-refractivity contribution in [1.82, 2.24) is 9.88 Å². The first-order chi connectivity index (χ1) is 10.3. The van der Waals surface area contributed by atoms with Gasteiger partial charge in [-0.15, -0.1) is 0 Å². The number of thiazole rings is 1. The zero-order valence-electron chi connectivity index (χ0n) is 11.5. The third-order valence-corrected chi connectivity index (χ3v) is 4.01. The van der Waals surface area contributed by atoms with Crippen LogP contribution < -0.4 is 4.74 Å². The van der Waals surface area contributed by atoms with Crippen molar-refractivity contribution >= 4 is 23.3 Å². The summed E-state index contributed by atoms with van der Waals surface area (Å²) in [7, 11) is 0. The Bertz CT molecular complexity index is 610. The molecule has 3 rings (SSSR count). The van der Waals surface area contributed by atoms with Crippen LogP contribution in [0, 0.1) is 0 Å². The SMILES string of the molecule is O=C(/C=C/c1ccccc1)N1CCC(Oc2nccs2)C1. The number of amides is 1. The zero-order valence-corrected chi connectivity index (χ0v) is 12.3. The molecule has 2 heterocycles. The van der Waals surface area contributed by atoms with Gasteiger partial charge in [0, 0.05) is 30.6 Å². The molecule has 1 amide bonds. The molecule has 1 aromatic carbocycles. The predicted molar refractivity (Wildman–Crippen MR) is 83.2 cm³/mol. The number of carbonyl (C=O) groups excluding carboxylic acids is 1. The van der Waals surface area contributed by atoms with Gasteiger partial charge in [0.2, 0.25) is 5.91 Å². The molecule has 1 saturated heterocycles. The van der Waals surface area contributed by atoms with E-state index in [9.17, 15) is 4.79 Å². The number of aromatic nitrogens is 1. The summed E-state index contributed by atoms with van der Waals surface area (Å²) in [6.07, 6.45) is 6.09. The van der Waals surface area contributed by atoms with Crippen LogP contribution in [0.25, 0.3) is 6.08 Å². The summed E-state index contributed by atoms with van der Waals surface area (Å²) in [5, 5.41) is 2.56. The number of hydrogen-bond acceptors (Lipinski definition) is 4. The highest BCUT2D eigenvalue weighted by atomic mass is 32.1. The van der Waals surface area contributed by atoms with Crippen LogP contribution in [-0.2, 0) is 4.79 Å². The van der Waals surface area contributed by atoms with Gasteiger partial charge in [-0.1, -0.05) is 41.7 Å². The van der Waals surface area contributed by atoms with Crippen LogP contribution in [0.1, 0.15) is 12.0 Å². The van der Waals surface area contributed by atoms with Crippen LogP contribution in [-0.4, -0.2) is 35.0 Å². The Morgan fingerprint density at radius 1 is 1.38 bits per heavy atom. The van der Waals surface area contributed by atoms with Crippen LogP contribution in [0.2, 0.25) is 0 Å². The van der Waals surface area contributed by atoms with E-state index in [4.69, 9.17) is 4.74 Å². The Morgan fingerprint density at radius 3 is 3.00 bits per heavy atom. The molecule has 0 radical (unpaired) electrons. The van der Waals surface area contributed by atoms with Crippen molar-refractivity contribution in [2.75, 3.05) is 13.1 Å². The van der Waals surface area contributed by atoms with Gasteiger partial charge >= 0.3 is 0 Å². The summed E-state index contributed by atoms with van der Waals surface area (Å²) in [5.41, 5.74) is 1.03. The van der Waals surface area contributed by atoms with Crippen molar-refractivity contribution in [3.8, 4) is 5.19 Å². The molecule has 1 unspecified atom stereocenters. The van der Waals surface area contributed by atoms with E-state index in [2.05, 4.69) is 4.98 Å². The minimum absolute atomic E-state index is 0.0316. The van der Waals surface area contributed by atoms with Crippen LogP contribution >= 0.6 is 11.3 Å². The number of rotatable bonds is 4. The fourth-order valence-electron chi connectivity index (χ4n) is 2.27. The van der Waals surface area contributed by atoms with E-state index in [1.54, 1.807) is 12.3 Å². The quantitative estimate of drug-likeness (QED) is 0.815. The molecule has 1 aliphatic rings. The Balaban J connectivity index is 1.53. The highest BCUT2D eigenvalue weighted by molar-refractivity contribution is 7.11. The van der Waals surface area contributed by atoms with Crippen LogP contribution in [0.15, 0.2) is 48.0 Å². The van der Waals surface area contributed by atoms with Crippen molar-refractivity contribution in [3.05, 3.63) is 53.5 Å². The summed E-state index contributed by atoms with van der Waals surface area (Å²) in [4.78, 5) is 18.1. The summed E-state index contributed by atoms with van der Waals surface area (Å²) in [6.45, 7) is 1.35. The summed E-state index contributed by atoms with van der Waals surface area (Å²) < 4.78 is 5.75. The fourth-order valence-corrected chi connectivity index (χ4v) is 2.82. The molecule has 0 bridgehead atoms. The molecule has 1 aromatic heterocycles. The largest absolute Gasteiger partial charge is 0.465 e. The topological polar surface area (TPSA) is 42.4 Å². The zero-order chi connectivity index (χ0) is 14.5. The van der Waals surface area contributed by atoms with Crippen LogP contribution in [0.4, 0.5) is 0 Å². The van der Waals surface area contributed by atoms with E-state index in [-0.39, 0.29) is 12.0 Å². The first-order valence-electron chi connectivity index (χ1n) is 6.89. The lowest BCUT2D eigenvalue weighted by molar-refractivity contribution is -0.125. The second kappa shape index (κ2) is 6.54. The lowest BCUT2D eigenvalue weighted by Crippen LogP contribution is -2.29. The highest BCUT2D eigenvalue weighted by Crippen LogP contribution is 2.20. The average Bonchev–Trinajstić information content (AvgIpc) is 3.18. The molecule has 0 aliphatic carbocycles. The number of hydrogen-bond donors (Lipinski definition) is 0. The molecule has 108 valence electrons. The van der Waals surface area contributed by atoms with E-state index in [0.717, 1.165) is 18.5 Å². The number of ether oxygens (including phenoxy) is 1. The summed E-state index contributed by atoms with van der Waals surface area (Å²) in [5.74, 6) is 0.0316. The molecule has 1 fully saturated rings. The van der Waals surface area contributed by atoms with Crippen molar-refractivity contribution < 1.29 is 9.53 Å². The van der Waals surface area contributed by atoms with Crippen LogP contribution in [0.3, 0.4) is 0 Å². The van der Waals surface area contributed by atoms with E-state index < -0.39 is 0 Å². The Labute approximate surface area is 127 Å². The standard InChI is InChI=1S/C16H16N2O2S/c19-15(7-6-13-4-2-1-3-5-13)18-10-8-14(12-18)20-16-17-9-11-21-16/h1-7,9,11,14H,8,10,12H2/b7-6+. The lowest BCUT2D eigenvalue weighted by atomic mass is 10.2. The van der Waals surface area contributed by atoms with Crippen molar-refractivity contribution in [1.29, 1.82) is 0 Å². The molecule has 0 spiro atoms. The van der Waals surface area contributed by atoms with Crippen molar-refractivity contribution in [2.24, 2.45) is 0 Å². The average molecular weight is 300 g/mol. The lowest BCUT2D eigenvalue weighted by Gasteiger charge is -2.14. The number of likely N-dealkylation sites (tertiary alicyclic amines) is 1. The van der Waals surface area contributed by atoms with Crippen LogP contribution in [0.5, 0.6) is 5.19 Å². The van der Waals surface area contributed by atoms with Gasteiger partial charge in [-0.2, -0.15) is 0 Å². The maximum absolute atomic E-state index is 12.1. The Hall–Kier alpha value is -2.14. The molecular formula is C16H16N2O2S. The molecule has 2 aromatic rings. The van der Waals surface area contributed by atoms with Gasteiger partial charge in [0.05, 0.1) is 6.54 Å². The van der Waals surface area contributed by atoms with E-state index in [0.29, 0.717) is 11.7 Å². The molecule has 0 N–H and O–H groups in total. The molecule has 21 heavy (non-hydrogen) atoms. The fraction of sp³-hybridized carbons (Fsp3) is 0.250. The molecule has 1 aliphatic heterocycles. The minimum atomic E-state index is 0.0316. The number of nitrogens with zero attached hydrogens (tertiary/aromatic N) is 2. The van der Waals surface area contributed by atoms with Gasteiger partial charge in [-0.05, 0) is 11.6 Å². The molecule has 4 nitrogen and oxygen atoms in total. The molecule has 1 atom stereocenters. The first kappa shape index (κ1) is 13.8. The normalized spacial score (nSPS) is 18.3. The second-order valence-electron chi connectivity index (χ2n) is 4.85. The first-order valence-corrected chi connectivity index (χ1v) is 7.77. The number of benzene rings is 1. The molecular weight excluding hydrogens is 284 g/mol. The highest BCUT2D eigenvalue weighted by Gasteiger charge is 2.26. The smallest absolute Gasteiger partial charge is 0.273 e. The maximum atomic E-state index is 12.1. The van der Waals surface area contributed by atoms with Crippen molar-refractivity contribution in [3.63, 3.8) is 0 Å². The van der Waals surface area contributed by atoms with Gasteiger partial charge < -0.3 is 9.64 Å². The van der Waals surface area contributed by atoms with E-state index in [1.807, 2.05) is 46.7 Å². The van der Waals surface area contributed by atoms with Gasteiger partial charge in [0.25, 0.3) is 5.19 Å². The van der Waals surface area contributed by atoms with Crippen molar-refractivity contribution in [2.45, 2.75) is 12.5 Å². The summed E-state index contributed by atoms with van der Waals surface area (Å²) in [6, 6.07) is 9.82. The minimum Gasteiger partial charge on any atom is -0.465 e. The second-order valence-corrected chi connectivity index (χ2v) is 5.71. The van der Waals surface area contributed by atoms with Gasteiger partial charge in [0.15, 0.2) is 0 Å². The molecule has 5 heteroatoms. The van der Waals surface area contributed by atoms with Gasteiger partial charge in [-0.25, -0.2) is 4.98 Å². The predicted octanol–water partition coefficient (Wildman–Crippen LogP) is 2.84. The third-order valence-electron chi connectivity index (χ3n) is 3.35. The Morgan fingerprint density at radius 2 is 2.24 bits per heavy atom. The number of carbonyl (C=O) groups is 1. The van der Waals surface area contributed by atoms with E-state index >= 15 is 0 Å².